The van der Waals surface area contributed by atoms with Crippen LogP contribution in [0.25, 0.3) is 0 Å². The van der Waals surface area contributed by atoms with Crippen molar-refractivity contribution in [2.45, 2.75) is 84.2 Å². The summed E-state index contributed by atoms with van der Waals surface area (Å²) in [4.78, 5) is 2.49. The summed E-state index contributed by atoms with van der Waals surface area (Å²) in [6.07, 6.45) is 9.57. The van der Waals surface area contributed by atoms with Gasteiger partial charge in [0.1, 0.15) is 0 Å². The SMILES string of the molecule is CC(C)CC(CC(C)C)NCC1(N(C)C)CCCCC1. The lowest BCUT2D eigenvalue weighted by Gasteiger charge is -2.44. The fourth-order valence-electron chi connectivity index (χ4n) is 3.73. The highest BCUT2D eigenvalue weighted by molar-refractivity contribution is 4.93. The first-order chi connectivity index (χ1) is 9.35. The Morgan fingerprint density at radius 2 is 1.40 bits per heavy atom. The molecule has 1 N–H and O–H groups in total. The highest BCUT2D eigenvalue weighted by atomic mass is 15.2. The standard InChI is InChI=1S/C18H38N2/c1-15(2)12-17(13-16(3)4)19-14-18(20(5)6)10-8-7-9-11-18/h15-17,19H,7-14H2,1-6H3. The van der Waals surface area contributed by atoms with Crippen molar-refractivity contribution in [3.05, 3.63) is 0 Å². The topological polar surface area (TPSA) is 15.3 Å². The van der Waals surface area contributed by atoms with Crippen molar-refractivity contribution in [2.75, 3.05) is 20.6 Å². The van der Waals surface area contributed by atoms with Crippen molar-refractivity contribution < 1.29 is 0 Å². The third kappa shape index (κ3) is 5.73. The Hall–Kier alpha value is -0.0800. The van der Waals surface area contributed by atoms with Gasteiger partial charge in [-0.1, -0.05) is 47.0 Å². The third-order valence-electron chi connectivity index (χ3n) is 4.96. The van der Waals surface area contributed by atoms with Crippen molar-refractivity contribution in [3.8, 4) is 0 Å². The van der Waals surface area contributed by atoms with Gasteiger partial charge in [0.2, 0.25) is 0 Å². The maximum Gasteiger partial charge on any atom is 0.0327 e. The van der Waals surface area contributed by atoms with Gasteiger partial charge in [0.25, 0.3) is 0 Å². The number of nitrogens with zero attached hydrogens (tertiary/aromatic N) is 1. The highest BCUT2D eigenvalue weighted by Crippen LogP contribution is 2.32. The zero-order chi connectivity index (χ0) is 15.2. The van der Waals surface area contributed by atoms with Crippen molar-refractivity contribution in [3.63, 3.8) is 0 Å². The predicted molar refractivity (Wildman–Crippen MR) is 90.2 cm³/mol. The van der Waals surface area contributed by atoms with Crippen LogP contribution < -0.4 is 5.32 Å². The average molecular weight is 283 g/mol. The molecule has 0 aliphatic heterocycles. The van der Waals surface area contributed by atoms with Gasteiger partial charge in [0.15, 0.2) is 0 Å². The van der Waals surface area contributed by atoms with Gasteiger partial charge in [0, 0.05) is 18.1 Å². The van der Waals surface area contributed by atoms with Crippen molar-refractivity contribution >= 4 is 0 Å². The first-order valence-corrected chi connectivity index (χ1v) is 8.76. The molecular weight excluding hydrogens is 244 g/mol. The molecule has 1 fully saturated rings. The molecule has 0 radical (unpaired) electrons. The summed E-state index contributed by atoms with van der Waals surface area (Å²) in [7, 11) is 4.54. The van der Waals surface area contributed by atoms with Crippen LogP contribution in [0.15, 0.2) is 0 Å². The van der Waals surface area contributed by atoms with Gasteiger partial charge < -0.3 is 10.2 Å². The molecule has 1 rings (SSSR count). The van der Waals surface area contributed by atoms with Gasteiger partial charge in [-0.2, -0.15) is 0 Å². The second-order valence-electron chi connectivity index (χ2n) is 8.02. The van der Waals surface area contributed by atoms with Crippen LogP contribution in [-0.4, -0.2) is 37.1 Å². The molecule has 0 aromatic heterocycles. The first-order valence-electron chi connectivity index (χ1n) is 8.76. The van der Waals surface area contributed by atoms with Crippen LogP contribution in [-0.2, 0) is 0 Å². The zero-order valence-corrected chi connectivity index (χ0v) is 14.8. The normalized spacial score (nSPS) is 19.5. The van der Waals surface area contributed by atoms with Crippen LogP contribution in [0.5, 0.6) is 0 Å². The second kappa shape index (κ2) is 8.38. The van der Waals surface area contributed by atoms with E-state index in [1.165, 1.54) is 51.5 Å². The highest BCUT2D eigenvalue weighted by Gasteiger charge is 2.34. The largest absolute Gasteiger partial charge is 0.312 e. The molecule has 0 amide bonds. The molecule has 0 heterocycles. The van der Waals surface area contributed by atoms with Crippen LogP contribution in [0.4, 0.5) is 0 Å². The minimum Gasteiger partial charge on any atom is -0.312 e. The van der Waals surface area contributed by atoms with Gasteiger partial charge in [-0.05, 0) is 51.6 Å². The predicted octanol–water partition coefficient (Wildman–Crippen LogP) is 4.30. The monoisotopic (exact) mass is 282 g/mol. The van der Waals surface area contributed by atoms with Gasteiger partial charge in [0.05, 0.1) is 0 Å². The van der Waals surface area contributed by atoms with Crippen LogP contribution >= 0.6 is 0 Å². The van der Waals surface area contributed by atoms with E-state index in [4.69, 9.17) is 0 Å². The fourth-order valence-corrected chi connectivity index (χ4v) is 3.73. The summed E-state index contributed by atoms with van der Waals surface area (Å²) >= 11 is 0. The molecule has 0 aromatic rings. The summed E-state index contributed by atoms with van der Waals surface area (Å²) in [6, 6.07) is 0.689. The number of nitrogens with one attached hydrogen (secondary N) is 1. The van der Waals surface area contributed by atoms with Crippen molar-refractivity contribution in [2.24, 2.45) is 11.8 Å². The molecule has 0 aromatic carbocycles. The maximum atomic E-state index is 3.93. The van der Waals surface area contributed by atoms with E-state index in [9.17, 15) is 0 Å². The maximum absolute atomic E-state index is 3.93. The average Bonchev–Trinajstić information content (AvgIpc) is 2.35. The van der Waals surface area contributed by atoms with Crippen LogP contribution in [0, 0.1) is 11.8 Å². The first kappa shape index (κ1) is 18.0. The Morgan fingerprint density at radius 3 is 1.80 bits per heavy atom. The molecule has 1 aliphatic carbocycles. The minimum atomic E-state index is 0.407. The van der Waals surface area contributed by atoms with E-state index in [-0.39, 0.29) is 0 Å². The van der Waals surface area contributed by atoms with Gasteiger partial charge >= 0.3 is 0 Å². The van der Waals surface area contributed by atoms with E-state index in [1.54, 1.807) is 0 Å². The Bertz CT molecular complexity index is 242. The molecule has 1 aliphatic rings. The second-order valence-corrected chi connectivity index (χ2v) is 8.02. The van der Waals surface area contributed by atoms with Gasteiger partial charge in [-0.25, -0.2) is 0 Å². The molecular formula is C18H38N2. The number of hydrogen-bond donors (Lipinski definition) is 1. The number of likely N-dealkylation sites (N-methyl/N-ethyl adjacent to an activating group) is 1. The van der Waals surface area contributed by atoms with E-state index < -0.39 is 0 Å². The summed E-state index contributed by atoms with van der Waals surface area (Å²) in [6.45, 7) is 10.5. The molecule has 2 heteroatoms. The van der Waals surface area contributed by atoms with E-state index in [0.29, 0.717) is 11.6 Å². The summed E-state index contributed by atoms with van der Waals surface area (Å²) in [5.74, 6) is 1.57. The Labute approximate surface area is 127 Å². The molecule has 120 valence electrons. The molecule has 0 unspecified atom stereocenters. The lowest BCUT2D eigenvalue weighted by Crippen LogP contribution is -2.54. The molecule has 1 saturated carbocycles. The quantitative estimate of drug-likeness (QED) is 0.714. The summed E-state index contributed by atoms with van der Waals surface area (Å²) in [5.41, 5.74) is 0.407. The molecule has 20 heavy (non-hydrogen) atoms. The Kier molecular flexibility index (Phi) is 7.53. The third-order valence-corrected chi connectivity index (χ3v) is 4.96. The molecule has 0 saturated heterocycles. The lowest BCUT2D eigenvalue weighted by atomic mass is 9.80. The molecule has 0 atom stereocenters. The summed E-state index contributed by atoms with van der Waals surface area (Å²) in [5, 5.41) is 3.93. The van der Waals surface area contributed by atoms with Crippen LogP contribution in [0.1, 0.15) is 72.6 Å². The number of hydrogen-bond acceptors (Lipinski definition) is 2. The minimum absolute atomic E-state index is 0.407. The van der Waals surface area contributed by atoms with Crippen LogP contribution in [0.3, 0.4) is 0 Å². The zero-order valence-electron chi connectivity index (χ0n) is 14.8. The van der Waals surface area contributed by atoms with Gasteiger partial charge in [-0.15, -0.1) is 0 Å². The Balaban J connectivity index is 2.57. The van der Waals surface area contributed by atoms with E-state index >= 15 is 0 Å². The number of rotatable bonds is 8. The van der Waals surface area contributed by atoms with Crippen LogP contribution in [0.2, 0.25) is 0 Å². The van der Waals surface area contributed by atoms with Crippen molar-refractivity contribution in [1.82, 2.24) is 10.2 Å². The van der Waals surface area contributed by atoms with E-state index in [0.717, 1.165) is 11.8 Å². The Morgan fingerprint density at radius 1 is 0.900 bits per heavy atom. The van der Waals surface area contributed by atoms with Crippen molar-refractivity contribution in [1.29, 1.82) is 0 Å². The summed E-state index contributed by atoms with van der Waals surface area (Å²) < 4.78 is 0. The molecule has 2 nitrogen and oxygen atoms in total. The smallest absolute Gasteiger partial charge is 0.0327 e. The van der Waals surface area contributed by atoms with Gasteiger partial charge in [-0.3, -0.25) is 0 Å². The fraction of sp³-hybridized carbons (Fsp3) is 1.00. The lowest BCUT2D eigenvalue weighted by molar-refractivity contribution is 0.0928. The van der Waals surface area contributed by atoms with E-state index in [1.807, 2.05) is 0 Å². The molecule has 0 bridgehead atoms. The van der Waals surface area contributed by atoms with E-state index in [2.05, 4.69) is 52.0 Å². The molecule has 0 spiro atoms.